The Hall–Kier alpha value is -3.29. The molecule has 1 saturated heterocycles. The zero-order valence-electron chi connectivity index (χ0n) is 16.9. The summed E-state index contributed by atoms with van der Waals surface area (Å²) in [5, 5.41) is 5.68. The van der Waals surface area contributed by atoms with Gasteiger partial charge in [0.05, 0.1) is 11.1 Å². The molecule has 1 aliphatic rings. The lowest BCUT2D eigenvalue weighted by Crippen LogP contribution is -2.45. The summed E-state index contributed by atoms with van der Waals surface area (Å²) in [6, 6.07) is 11.4. The Morgan fingerprint density at radius 3 is 2.29 bits per heavy atom. The predicted octanol–water partition coefficient (Wildman–Crippen LogP) is 4.02. The van der Waals surface area contributed by atoms with Gasteiger partial charge in [0.25, 0.3) is 11.8 Å². The number of rotatable bonds is 6. The third kappa shape index (κ3) is 5.65. The van der Waals surface area contributed by atoms with E-state index in [0.29, 0.717) is 38.0 Å². The summed E-state index contributed by atoms with van der Waals surface area (Å²) >= 11 is 0. The van der Waals surface area contributed by atoms with E-state index in [4.69, 9.17) is 0 Å². The molecule has 1 fully saturated rings. The molecular formula is C23H24F3N3O2. The van der Waals surface area contributed by atoms with E-state index in [1.165, 1.54) is 12.1 Å². The lowest BCUT2D eigenvalue weighted by Gasteiger charge is -2.35. The molecule has 2 amide bonds. The minimum atomic E-state index is -4.43. The highest BCUT2D eigenvalue weighted by molar-refractivity contribution is 6.00. The topological polar surface area (TPSA) is 61.4 Å². The van der Waals surface area contributed by atoms with Crippen molar-refractivity contribution in [2.24, 2.45) is 0 Å². The third-order valence-electron chi connectivity index (χ3n) is 5.20. The number of benzene rings is 2. The summed E-state index contributed by atoms with van der Waals surface area (Å²) in [4.78, 5) is 26.9. The summed E-state index contributed by atoms with van der Waals surface area (Å²) < 4.78 is 38.0. The quantitative estimate of drug-likeness (QED) is 0.680. The zero-order valence-corrected chi connectivity index (χ0v) is 16.9. The number of anilines is 1. The van der Waals surface area contributed by atoms with E-state index in [2.05, 4.69) is 22.1 Å². The Bertz CT molecular complexity index is 934. The number of hydrogen-bond donors (Lipinski definition) is 2. The second kappa shape index (κ2) is 9.68. The molecule has 0 saturated carbocycles. The first kappa shape index (κ1) is 22.4. The number of piperidine rings is 1. The van der Waals surface area contributed by atoms with E-state index in [-0.39, 0.29) is 17.5 Å². The number of nitrogens with zero attached hydrogens (tertiary/aromatic N) is 1. The van der Waals surface area contributed by atoms with Gasteiger partial charge in [-0.3, -0.25) is 9.59 Å². The summed E-state index contributed by atoms with van der Waals surface area (Å²) in [5.41, 5.74) is 0.820. The number of hydrogen-bond acceptors (Lipinski definition) is 3. The molecule has 2 aromatic rings. The summed E-state index contributed by atoms with van der Waals surface area (Å²) in [5.74, 6) is -0.565. The van der Waals surface area contributed by atoms with Crippen LogP contribution in [0.2, 0.25) is 0 Å². The lowest BCUT2D eigenvalue weighted by atomic mass is 10.0. The maximum Gasteiger partial charge on any atom is 0.416 e. The van der Waals surface area contributed by atoms with Gasteiger partial charge in [0, 0.05) is 36.9 Å². The number of carbonyl (C=O) groups excluding carboxylic acids is 2. The van der Waals surface area contributed by atoms with Gasteiger partial charge in [0.1, 0.15) is 0 Å². The molecule has 0 aliphatic carbocycles. The highest BCUT2D eigenvalue weighted by Crippen LogP contribution is 2.29. The number of para-hydroxylation sites is 1. The second-order valence-electron chi connectivity index (χ2n) is 7.33. The van der Waals surface area contributed by atoms with E-state index in [1.54, 1.807) is 12.1 Å². The first-order valence-corrected chi connectivity index (χ1v) is 10.0. The Labute approximate surface area is 178 Å². The standard InChI is InChI=1S/C23H24F3N3O2/c1-2-13-27-22(31)19-5-3-4-6-20(19)29-14-11-18(12-15-29)28-21(30)16-7-9-17(10-8-16)23(24,25)26/h2-10,18H,1,11-15H2,(H,27,31)(H,28,30). The van der Waals surface area contributed by atoms with Crippen LogP contribution >= 0.6 is 0 Å². The Kier molecular flexibility index (Phi) is 6.99. The molecule has 0 atom stereocenters. The van der Waals surface area contributed by atoms with Crippen LogP contribution in [-0.2, 0) is 6.18 Å². The van der Waals surface area contributed by atoms with Crippen LogP contribution in [0.5, 0.6) is 0 Å². The third-order valence-corrected chi connectivity index (χ3v) is 5.20. The zero-order chi connectivity index (χ0) is 22.4. The molecule has 5 nitrogen and oxygen atoms in total. The first-order valence-electron chi connectivity index (χ1n) is 10.0. The number of carbonyl (C=O) groups is 2. The Morgan fingerprint density at radius 2 is 1.68 bits per heavy atom. The van der Waals surface area contributed by atoms with Crippen LogP contribution < -0.4 is 15.5 Å². The normalized spacial score (nSPS) is 14.7. The van der Waals surface area contributed by atoms with Crippen molar-refractivity contribution in [3.8, 4) is 0 Å². The van der Waals surface area contributed by atoms with E-state index in [0.717, 1.165) is 17.8 Å². The maximum absolute atomic E-state index is 12.7. The van der Waals surface area contributed by atoms with Crippen molar-refractivity contribution in [2.45, 2.75) is 25.1 Å². The van der Waals surface area contributed by atoms with Gasteiger partial charge in [-0.15, -0.1) is 6.58 Å². The smallest absolute Gasteiger partial charge is 0.371 e. The molecule has 8 heteroatoms. The fourth-order valence-electron chi connectivity index (χ4n) is 3.55. The Balaban J connectivity index is 1.58. The predicted molar refractivity (Wildman–Crippen MR) is 113 cm³/mol. The van der Waals surface area contributed by atoms with Gasteiger partial charge >= 0.3 is 6.18 Å². The van der Waals surface area contributed by atoms with Gasteiger partial charge in [0.2, 0.25) is 0 Å². The van der Waals surface area contributed by atoms with Crippen molar-refractivity contribution in [1.82, 2.24) is 10.6 Å². The van der Waals surface area contributed by atoms with E-state index in [1.807, 2.05) is 18.2 Å². The van der Waals surface area contributed by atoms with Gasteiger partial charge in [-0.1, -0.05) is 18.2 Å². The highest BCUT2D eigenvalue weighted by Gasteiger charge is 2.30. The average molecular weight is 431 g/mol. The summed E-state index contributed by atoms with van der Waals surface area (Å²) in [7, 11) is 0. The van der Waals surface area contributed by atoms with Gasteiger partial charge in [-0.05, 0) is 49.2 Å². The van der Waals surface area contributed by atoms with Crippen LogP contribution in [0.25, 0.3) is 0 Å². The minimum absolute atomic E-state index is 0.0900. The van der Waals surface area contributed by atoms with Crippen molar-refractivity contribution in [3.63, 3.8) is 0 Å². The summed E-state index contributed by atoms with van der Waals surface area (Å²) in [6.07, 6.45) is -1.49. The van der Waals surface area contributed by atoms with Crippen LogP contribution in [0.4, 0.5) is 18.9 Å². The molecule has 0 aromatic heterocycles. The maximum atomic E-state index is 12.7. The van der Waals surface area contributed by atoms with Crippen LogP contribution in [0.15, 0.2) is 61.2 Å². The fourth-order valence-corrected chi connectivity index (χ4v) is 3.55. The van der Waals surface area contributed by atoms with Gasteiger partial charge in [0.15, 0.2) is 0 Å². The average Bonchev–Trinajstić information content (AvgIpc) is 2.77. The Morgan fingerprint density at radius 1 is 1.03 bits per heavy atom. The van der Waals surface area contributed by atoms with Crippen molar-refractivity contribution in [2.75, 3.05) is 24.5 Å². The van der Waals surface area contributed by atoms with Gasteiger partial charge in [-0.25, -0.2) is 0 Å². The van der Waals surface area contributed by atoms with Crippen LogP contribution in [-0.4, -0.2) is 37.5 Å². The van der Waals surface area contributed by atoms with E-state index in [9.17, 15) is 22.8 Å². The molecule has 0 radical (unpaired) electrons. The number of amides is 2. The molecule has 2 aromatic carbocycles. The second-order valence-corrected chi connectivity index (χ2v) is 7.33. The van der Waals surface area contributed by atoms with E-state index < -0.39 is 17.6 Å². The van der Waals surface area contributed by atoms with Crippen LogP contribution in [0.1, 0.15) is 39.1 Å². The number of alkyl halides is 3. The summed E-state index contributed by atoms with van der Waals surface area (Å²) in [6.45, 7) is 5.26. The monoisotopic (exact) mass is 431 g/mol. The molecule has 31 heavy (non-hydrogen) atoms. The number of halogens is 3. The minimum Gasteiger partial charge on any atom is -0.371 e. The van der Waals surface area contributed by atoms with Crippen molar-refractivity contribution in [1.29, 1.82) is 0 Å². The molecule has 2 N–H and O–H groups in total. The SMILES string of the molecule is C=CCNC(=O)c1ccccc1N1CCC(NC(=O)c2ccc(C(F)(F)F)cc2)CC1. The van der Waals surface area contributed by atoms with Crippen molar-refractivity contribution < 1.29 is 22.8 Å². The first-order chi connectivity index (χ1) is 14.8. The fraction of sp³-hybridized carbons (Fsp3) is 0.304. The van der Waals surface area contributed by atoms with Gasteiger partial charge < -0.3 is 15.5 Å². The lowest BCUT2D eigenvalue weighted by molar-refractivity contribution is -0.137. The van der Waals surface area contributed by atoms with Crippen molar-refractivity contribution in [3.05, 3.63) is 77.9 Å². The molecule has 164 valence electrons. The largest absolute Gasteiger partial charge is 0.416 e. The van der Waals surface area contributed by atoms with Crippen molar-refractivity contribution >= 4 is 17.5 Å². The van der Waals surface area contributed by atoms with Crippen LogP contribution in [0, 0.1) is 0 Å². The molecule has 0 bridgehead atoms. The molecular weight excluding hydrogens is 407 g/mol. The molecule has 3 rings (SSSR count). The molecule has 1 heterocycles. The van der Waals surface area contributed by atoms with Gasteiger partial charge in [-0.2, -0.15) is 13.2 Å². The number of nitrogens with one attached hydrogen (secondary N) is 2. The molecule has 1 aliphatic heterocycles. The molecule has 0 spiro atoms. The highest BCUT2D eigenvalue weighted by atomic mass is 19.4. The van der Waals surface area contributed by atoms with E-state index >= 15 is 0 Å². The van der Waals surface area contributed by atoms with Crippen LogP contribution in [0.3, 0.4) is 0 Å². The molecule has 0 unspecified atom stereocenters.